The Hall–Kier alpha value is -0.940. The van der Waals surface area contributed by atoms with Crippen molar-refractivity contribution in [2.45, 2.75) is 37.9 Å². The van der Waals surface area contributed by atoms with E-state index < -0.39 is 11.4 Å². The molecule has 1 N–H and O–H groups in total. The summed E-state index contributed by atoms with van der Waals surface area (Å²) in [5.41, 5.74) is 0.189. The minimum atomic E-state index is -0.759. The molecule has 3 unspecified atom stereocenters. The van der Waals surface area contributed by atoms with Gasteiger partial charge >= 0.3 is 5.97 Å². The Balaban J connectivity index is 1.90. The van der Waals surface area contributed by atoms with Gasteiger partial charge in [-0.1, -0.05) is 0 Å². The molecule has 2 fully saturated rings. The van der Waals surface area contributed by atoms with E-state index in [-0.39, 0.29) is 12.2 Å². The van der Waals surface area contributed by atoms with Crippen LogP contribution < -0.4 is 0 Å². The fraction of sp³-hybridized carbons (Fsp3) is 0.538. The van der Waals surface area contributed by atoms with Gasteiger partial charge in [-0.3, -0.25) is 9.78 Å². The molecule has 2 aliphatic rings. The summed E-state index contributed by atoms with van der Waals surface area (Å²) >= 11 is 3.37. The molecule has 0 aromatic carbocycles. The zero-order chi connectivity index (χ0) is 12.8. The summed E-state index contributed by atoms with van der Waals surface area (Å²) in [6, 6.07) is 1.93. The van der Waals surface area contributed by atoms with E-state index in [1.54, 1.807) is 12.4 Å². The summed E-state index contributed by atoms with van der Waals surface area (Å²) in [7, 11) is 0. The molecule has 1 aromatic heterocycles. The van der Waals surface area contributed by atoms with Crippen LogP contribution in [0.1, 0.15) is 24.8 Å². The first-order valence-electron chi connectivity index (χ1n) is 6.08. The summed E-state index contributed by atoms with van der Waals surface area (Å²) in [5.74, 6) is -0.741. The normalized spacial score (nSPS) is 33.8. The minimum absolute atomic E-state index is 0.131. The molecule has 3 heterocycles. The molecule has 0 aliphatic carbocycles. The summed E-state index contributed by atoms with van der Waals surface area (Å²) in [6.07, 6.45) is 6.41. The number of carbonyl (C=O) groups is 1. The third-order valence-corrected chi connectivity index (χ3v) is 4.46. The van der Waals surface area contributed by atoms with Gasteiger partial charge in [0.1, 0.15) is 5.41 Å². The second kappa shape index (κ2) is 4.31. The van der Waals surface area contributed by atoms with Gasteiger partial charge in [0.25, 0.3) is 0 Å². The summed E-state index contributed by atoms with van der Waals surface area (Å²) < 4.78 is 6.62. The number of hydrogen-bond donors (Lipinski definition) is 1. The molecular formula is C13H14BrNO3. The molecule has 96 valence electrons. The Labute approximate surface area is 113 Å². The highest BCUT2D eigenvalue weighted by atomic mass is 79.9. The molecule has 2 bridgehead atoms. The lowest BCUT2D eigenvalue weighted by Gasteiger charge is -2.30. The van der Waals surface area contributed by atoms with Crippen LogP contribution in [-0.2, 0) is 16.0 Å². The fourth-order valence-corrected chi connectivity index (χ4v) is 3.62. The minimum Gasteiger partial charge on any atom is -0.481 e. The highest BCUT2D eigenvalue weighted by molar-refractivity contribution is 9.10. The van der Waals surface area contributed by atoms with Crippen LogP contribution in [0.2, 0.25) is 0 Å². The van der Waals surface area contributed by atoms with Crippen LogP contribution >= 0.6 is 15.9 Å². The van der Waals surface area contributed by atoms with Crippen molar-refractivity contribution in [3.05, 3.63) is 28.5 Å². The van der Waals surface area contributed by atoms with E-state index in [0.29, 0.717) is 12.8 Å². The zero-order valence-electron chi connectivity index (χ0n) is 9.80. The average molecular weight is 312 g/mol. The maximum absolute atomic E-state index is 11.7. The number of pyridine rings is 1. The van der Waals surface area contributed by atoms with Crippen LogP contribution in [0.25, 0.3) is 0 Å². The number of rotatable bonds is 3. The largest absolute Gasteiger partial charge is 0.481 e. The Kier molecular flexibility index (Phi) is 2.90. The second-order valence-corrected chi connectivity index (χ2v) is 6.09. The predicted molar refractivity (Wildman–Crippen MR) is 68.2 cm³/mol. The molecule has 2 aliphatic heterocycles. The smallest absolute Gasteiger partial charge is 0.312 e. The molecule has 0 radical (unpaired) electrons. The monoisotopic (exact) mass is 311 g/mol. The van der Waals surface area contributed by atoms with Crippen molar-refractivity contribution in [2.75, 3.05) is 0 Å². The lowest BCUT2D eigenvalue weighted by Crippen LogP contribution is -2.42. The molecule has 0 saturated carbocycles. The number of carboxylic acids is 1. The molecule has 0 spiro atoms. The molecule has 18 heavy (non-hydrogen) atoms. The van der Waals surface area contributed by atoms with Crippen molar-refractivity contribution in [1.29, 1.82) is 0 Å². The molecule has 1 aromatic rings. The number of aromatic nitrogens is 1. The van der Waals surface area contributed by atoms with Crippen molar-refractivity contribution >= 4 is 21.9 Å². The third kappa shape index (κ3) is 1.86. The van der Waals surface area contributed by atoms with Crippen LogP contribution in [0.4, 0.5) is 0 Å². The zero-order valence-corrected chi connectivity index (χ0v) is 11.4. The number of fused-ring (bicyclic) bond motifs is 2. The van der Waals surface area contributed by atoms with E-state index in [0.717, 1.165) is 22.9 Å². The van der Waals surface area contributed by atoms with Gasteiger partial charge in [-0.25, -0.2) is 0 Å². The maximum atomic E-state index is 11.7. The fourth-order valence-electron chi connectivity index (χ4n) is 3.20. The summed E-state index contributed by atoms with van der Waals surface area (Å²) in [6.45, 7) is 0. The maximum Gasteiger partial charge on any atom is 0.312 e. The van der Waals surface area contributed by atoms with Crippen molar-refractivity contribution in [2.24, 2.45) is 5.41 Å². The number of aliphatic carboxylic acids is 1. The van der Waals surface area contributed by atoms with Gasteiger partial charge in [0.15, 0.2) is 0 Å². The SMILES string of the molecule is O=C(O)C1(Cc2cncc(Br)c2)CC2CCC1O2. The van der Waals surface area contributed by atoms with Gasteiger partial charge in [-0.15, -0.1) is 0 Å². The third-order valence-electron chi connectivity index (χ3n) is 4.02. The van der Waals surface area contributed by atoms with Gasteiger partial charge in [0.2, 0.25) is 0 Å². The van der Waals surface area contributed by atoms with Gasteiger partial charge in [0.05, 0.1) is 12.2 Å². The number of halogens is 1. The number of ether oxygens (including phenoxy) is 1. The Morgan fingerprint density at radius 3 is 2.94 bits per heavy atom. The Morgan fingerprint density at radius 1 is 1.56 bits per heavy atom. The Morgan fingerprint density at radius 2 is 2.39 bits per heavy atom. The van der Waals surface area contributed by atoms with Crippen LogP contribution in [-0.4, -0.2) is 28.3 Å². The standard InChI is InChI=1S/C13H14BrNO3/c14-9-3-8(6-15-7-9)4-13(12(16)17)5-10-1-2-11(13)18-10/h3,6-7,10-11H,1-2,4-5H2,(H,16,17). The van der Waals surface area contributed by atoms with E-state index in [1.807, 2.05) is 6.07 Å². The first-order valence-corrected chi connectivity index (χ1v) is 6.88. The molecule has 0 amide bonds. The Bertz CT molecular complexity index is 493. The molecular weight excluding hydrogens is 298 g/mol. The highest BCUT2D eigenvalue weighted by Crippen LogP contribution is 2.49. The van der Waals surface area contributed by atoms with E-state index >= 15 is 0 Å². The van der Waals surface area contributed by atoms with Crippen LogP contribution in [0.15, 0.2) is 22.9 Å². The van der Waals surface area contributed by atoms with Crippen molar-refractivity contribution in [3.63, 3.8) is 0 Å². The number of nitrogens with zero attached hydrogens (tertiary/aromatic N) is 1. The summed E-state index contributed by atoms with van der Waals surface area (Å²) in [5, 5.41) is 9.60. The van der Waals surface area contributed by atoms with Gasteiger partial charge < -0.3 is 9.84 Å². The van der Waals surface area contributed by atoms with Crippen molar-refractivity contribution < 1.29 is 14.6 Å². The summed E-state index contributed by atoms with van der Waals surface area (Å²) in [4.78, 5) is 15.8. The topological polar surface area (TPSA) is 59.4 Å². The second-order valence-electron chi connectivity index (χ2n) is 5.18. The van der Waals surface area contributed by atoms with Crippen LogP contribution in [0.5, 0.6) is 0 Å². The predicted octanol–water partition coefficient (Wildman–Crippen LogP) is 2.41. The van der Waals surface area contributed by atoms with Crippen molar-refractivity contribution in [3.8, 4) is 0 Å². The molecule has 2 saturated heterocycles. The average Bonchev–Trinajstić information content (AvgIpc) is 2.89. The molecule has 5 heteroatoms. The molecule has 4 nitrogen and oxygen atoms in total. The van der Waals surface area contributed by atoms with E-state index in [1.165, 1.54) is 0 Å². The van der Waals surface area contributed by atoms with Gasteiger partial charge in [0, 0.05) is 16.9 Å². The number of hydrogen-bond acceptors (Lipinski definition) is 3. The van der Waals surface area contributed by atoms with E-state index in [4.69, 9.17) is 4.74 Å². The van der Waals surface area contributed by atoms with Crippen LogP contribution in [0, 0.1) is 5.41 Å². The van der Waals surface area contributed by atoms with Crippen molar-refractivity contribution in [1.82, 2.24) is 4.98 Å². The first-order chi connectivity index (χ1) is 8.60. The van der Waals surface area contributed by atoms with Crippen LogP contribution in [0.3, 0.4) is 0 Å². The van der Waals surface area contributed by atoms with E-state index in [2.05, 4.69) is 20.9 Å². The lowest BCUT2D eigenvalue weighted by molar-refractivity contribution is -0.152. The van der Waals surface area contributed by atoms with Gasteiger partial charge in [-0.2, -0.15) is 0 Å². The lowest BCUT2D eigenvalue weighted by atomic mass is 9.70. The van der Waals surface area contributed by atoms with E-state index in [9.17, 15) is 9.90 Å². The number of carboxylic acid groups (broad SMARTS) is 1. The van der Waals surface area contributed by atoms with Gasteiger partial charge in [-0.05, 0) is 53.2 Å². The molecule has 3 atom stereocenters. The highest BCUT2D eigenvalue weighted by Gasteiger charge is 2.57. The first kappa shape index (κ1) is 12.1. The molecule has 3 rings (SSSR count). The quantitative estimate of drug-likeness (QED) is 0.931.